The van der Waals surface area contributed by atoms with Gasteiger partial charge in [-0.05, 0) is 18.3 Å². The van der Waals surface area contributed by atoms with E-state index in [2.05, 4.69) is 19.2 Å². The predicted molar refractivity (Wildman–Crippen MR) is 59.2 cm³/mol. The van der Waals surface area contributed by atoms with Crippen molar-refractivity contribution in [3.8, 4) is 0 Å². The van der Waals surface area contributed by atoms with Crippen LogP contribution in [0.25, 0.3) is 0 Å². The maximum atomic E-state index is 11.0. The Kier molecular flexibility index (Phi) is 4.47. The topological polar surface area (TPSA) is 72.5 Å². The molecule has 0 aromatic carbocycles. The highest BCUT2D eigenvalue weighted by Gasteiger charge is 2.33. The van der Waals surface area contributed by atoms with E-state index in [4.69, 9.17) is 15.2 Å². The molecule has 1 aliphatic carbocycles. The normalized spacial score (nSPS) is 34.0. The van der Waals surface area contributed by atoms with E-state index in [0.29, 0.717) is 11.8 Å². The Hall–Kier alpha value is 0.460. The van der Waals surface area contributed by atoms with Gasteiger partial charge in [-0.3, -0.25) is 4.52 Å². The second kappa shape index (κ2) is 4.99. The van der Waals surface area contributed by atoms with E-state index in [9.17, 15) is 4.57 Å². The van der Waals surface area contributed by atoms with E-state index in [1.807, 2.05) is 0 Å². The summed E-state index contributed by atoms with van der Waals surface area (Å²) in [5.41, 5.74) is 5.53. The predicted octanol–water partition coefficient (Wildman–Crippen LogP) is 1.80. The third-order valence-corrected chi connectivity index (χ3v) is 3.74. The van der Waals surface area contributed by atoms with Gasteiger partial charge >= 0.3 is 6.80 Å². The molecule has 0 saturated heterocycles. The number of nitrogens with two attached hydrogens (primary N) is 1. The summed E-state index contributed by atoms with van der Waals surface area (Å²) < 4.78 is 16.0. The van der Waals surface area contributed by atoms with Crippen molar-refractivity contribution < 1.29 is 14.0 Å². The van der Waals surface area contributed by atoms with E-state index in [1.54, 1.807) is 0 Å². The molecule has 4 nitrogen and oxygen atoms in total. The highest BCUT2D eigenvalue weighted by atomic mass is 32.7. The third kappa shape index (κ3) is 3.55. The lowest BCUT2D eigenvalue weighted by atomic mass is 9.92. The highest BCUT2D eigenvalue weighted by molar-refractivity contribution is 8.44. The van der Waals surface area contributed by atoms with Crippen LogP contribution in [0.5, 0.6) is 0 Å². The molecule has 0 heterocycles. The first-order valence-electron chi connectivity index (χ1n) is 4.88. The van der Waals surface area contributed by atoms with Gasteiger partial charge in [-0.15, -0.1) is 0 Å². The molecule has 0 amide bonds. The van der Waals surface area contributed by atoms with Gasteiger partial charge < -0.3 is 10.6 Å². The van der Waals surface area contributed by atoms with Crippen molar-refractivity contribution in [1.29, 1.82) is 0 Å². The molecular weight excluding hydrogens is 221 g/mol. The number of hydrogen-bond donors (Lipinski definition) is 3. The lowest BCUT2D eigenvalue weighted by molar-refractivity contribution is 0.113. The van der Waals surface area contributed by atoms with Gasteiger partial charge in [0.1, 0.15) is 0 Å². The fourth-order valence-electron chi connectivity index (χ4n) is 2.20. The molecule has 2 unspecified atom stereocenters. The molecule has 0 radical (unpaired) electrons. The minimum Gasteiger partial charge on any atom is -0.328 e. The Morgan fingerprint density at radius 2 is 2.36 bits per heavy atom. The first kappa shape index (κ1) is 12.5. The molecule has 0 bridgehead atoms. The standard InChI is InChI=1S/C8H18NO3PS/c1-6-3-2-4-7(6)8(5-9)12-13(10,11)14/h6-8H,2-5,9H2,1H3,(H2,10,11,14)/t6-,7+,8?/m0/s1. The van der Waals surface area contributed by atoms with Crippen molar-refractivity contribution in [3.63, 3.8) is 0 Å². The molecule has 1 aliphatic rings. The van der Waals surface area contributed by atoms with Crippen molar-refractivity contribution in [2.45, 2.75) is 32.3 Å². The minimum atomic E-state index is -3.70. The van der Waals surface area contributed by atoms with Crippen LogP contribution >= 0.6 is 19.0 Å². The fraction of sp³-hybridized carbons (Fsp3) is 1.00. The van der Waals surface area contributed by atoms with Crippen LogP contribution in [-0.2, 0) is 9.09 Å². The summed E-state index contributed by atoms with van der Waals surface area (Å²) in [6.45, 7) is -1.30. The second-order valence-electron chi connectivity index (χ2n) is 3.94. The lowest BCUT2D eigenvalue weighted by Crippen LogP contribution is -2.32. The molecule has 6 heteroatoms. The molecule has 0 aromatic heterocycles. The van der Waals surface area contributed by atoms with Crippen molar-refractivity contribution in [1.82, 2.24) is 0 Å². The van der Waals surface area contributed by atoms with Crippen molar-refractivity contribution in [2.75, 3.05) is 6.54 Å². The van der Waals surface area contributed by atoms with Gasteiger partial charge in [0.15, 0.2) is 0 Å². The lowest BCUT2D eigenvalue weighted by Gasteiger charge is -2.26. The largest absolute Gasteiger partial charge is 0.383 e. The average molecular weight is 239 g/mol. The molecule has 4 atom stereocenters. The van der Waals surface area contributed by atoms with Crippen LogP contribution in [0.3, 0.4) is 0 Å². The summed E-state index contributed by atoms with van der Waals surface area (Å²) in [5, 5.41) is 0. The van der Waals surface area contributed by atoms with Gasteiger partial charge in [-0.1, -0.05) is 32.0 Å². The minimum absolute atomic E-state index is 0.278. The molecule has 1 fully saturated rings. The zero-order valence-corrected chi connectivity index (χ0v) is 10.1. The summed E-state index contributed by atoms with van der Waals surface area (Å²) >= 11 is 3.50. The van der Waals surface area contributed by atoms with Crippen LogP contribution in [0.1, 0.15) is 26.2 Å². The molecule has 0 spiro atoms. The Balaban J connectivity index is 2.57. The molecule has 0 aliphatic heterocycles. The van der Waals surface area contributed by atoms with E-state index in [-0.39, 0.29) is 12.6 Å². The van der Waals surface area contributed by atoms with Gasteiger partial charge in [0, 0.05) is 6.54 Å². The summed E-state index contributed by atoms with van der Waals surface area (Å²) in [7, 11) is 0. The molecular formula is C8H18NO3PS. The monoisotopic (exact) mass is 239 g/mol. The van der Waals surface area contributed by atoms with Crippen LogP contribution < -0.4 is 5.73 Å². The van der Waals surface area contributed by atoms with Gasteiger partial charge in [0.25, 0.3) is 0 Å². The molecule has 14 heavy (non-hydrogen) atoms. The number of hydrogen-bond acceptors (Lipinski definition) is 3. The maximum absolute atomic E-state index is 11.0. The molecule has 84 valence electrons. The van der Waals surface area contributed by atoms with Gasteiger partial charge in [-0.2, -0.15) is 0 Å². The maximum Gasteiger partial charge on any atom is 0.383 e. The van der Waals surface area contributed by atoms with Crippen LogP contribution in [0.2, 0.25) is 0 Å². The fourth-order valence-corrected chi connectivity index (χ4v) is 3.16. The van der Waals surface area contributed by atoms with Crippen LogP contribution in [0.15, 0.2) is 0 Å². The Bertz CT molecular complexity index is 233. The van der Waals surface area contributed by atoms with Crippen molar-refractivity contribution >= 4 is 19.0 Å². The number of thiol groups is 1. The smallest absolute Gasteiger partial charge is 0.328 e. The first-order chi connectivity index (χ1) is 6.44. The van der Waals surface area contributed by atoms with Crippen molar-refractivity contribution in [2.24, 2.45) is 17.6 Å². The van der Waals surface area contributed by atoms with E-state index < -0.39 is 6.80 Å². The van der Waals surface area contributed by atoms with Gasteiger partial charge in [-0.25, -0.2) is 4.57 Å². The summed E-state index contributed by atoms with van der Waals surface area (Å²) in [6, 6.07) is 0. The van der Waals surface area contributed by atoms with Crippen LogP contribution in [0.4, 0.5) is 0 Å². The summed E-state index contributed by atoms with van der Waals surface area (Å²) in [4.78, 5) is 9.01. The molecule has 1 saturated carbocycles. The first-order valence-corrected chi connectivity index (χ1v) is 7.61. The Morgan fingerprint density at radius 3 is 2.71 bits per heavy atom. The van der Waals surface area contributed by atoms with Crippen LogP contribution in [0, 0.1) is 11.8 Å². The molecule has 3 N–H and O–H groups in total. The third-order valence-electron chi connectivity index (χ3n) is 2.91. The summed E-state index contributed by atoms with van der Waals surface area (Å²) in [5.74, 6) is 0.816. The zero-order chi connectivity index (χ0) is 10.8. The molecule has 0 aromatic rings. The van der Waals surface area contributed by atoms with Gasteiger partial charge in [0.05, 0.1) is 6.10 Å². The number of rotatable bonds is 4. The zero-order valence-electron chi connectivity index (χ0n) is 8.30. The van der Waals surface area contributed by atoms with E-state index in [0.717, 1.165) is 19.3 Å². The van der Waals surface area contributed by atoms with E-state index >= 15 is 0 Å². The quantitative estimate of drug-likeness (QED) is 0.516. The molecule has 1 rings (SSSR count). The SMILES string of the molecule is C[C@H]1CCC[C@H]1C(CN)OP(=O)(O)S. The van der Waals surface area contributed by atoms with Crippen molar-refractivity contribution in [3.05, 3.63) is 0 Å². The van der Waals surface area contributed by atoms with E-state index in [1.165, 1.54) is 0 Å². The van der Waals surface area contributed by atoms with Gasteiger partial charge in [0.2, 0.25) is 0 Å². The van der Waals surface area contributed by atoms with Crippen LogP contribution in [-0.4, -0.2) is 17.5 Å². The Morgan fingerprint density at radius 1 is 1.71 bits per heavy atom. The Labute approximate surface area is 89.9 Å². The second-order valence-corrected chi connectivity index (χ2v) is 6.65. The highest BCUT2D eigenvalue weighted by Crippen LogP contribution is 2.50. The summed E-state index contributed by atoms with van der Waals surface area (Å²) in [6.07, 6.45) is 2.98. The average Bonchev–Trinajstić information content (AvgIpc) is 2.45.